The molecule has 0 bridgehead atoms. The van der Waals surface area contributed by atoms with Gasteiger partial charge < -0.3 is 17.3 Å². The largest absolute Gasteiger partial charge is 0.673 e. The zero-order valence-corrected chi connectivity index (χ0v) is 13.8. The van der Waals surface area contributed by atoms with Gasteiger partial charge in [0.05, 0.1) is 11.1 Å². The van der Waals surface area contributed by atoms with Crippen LogP contribution in [0.3, 0.4) is 0 Å². The van der Waals surface area contributed by atoms with Crippen molar-refractivity contribution in [2.75, 3.05) is 0 Å². The predicted octanol–water partition coefficient (Wildman–Crippen LogP) is 6.32. The van der Waals surface area contributed by atoms with Crippen molar-refractivity contribution in [3.05, 3.63) is 31.8 Å². The Morgan fingerprint density at radius 1 is 1.00 bits per heavy atom. The van der Waals surface area contributed by atoms with Gasteiger partial charge in [0.2, 0.25) is 5.39 Å². The molecule has 20 heavy (non-hydrogen) atoms. The summed E-state index contributed by atoms with van der Waals surface area (Å²) in [6.07, 6.45) is 0. The number of rotatable bonds is 2. The van der Waals surface area contributed by atoms with Crippen molar-refractivity contribution < 1.29 is 17.3 Å². The lowest BCUT2D eigenvalue weighted by molar-refractivity contribution is 0.368. The van der Waals surface area contributed by atoms with Gasteiger partial charge in [-0.1, -0.05) is 27.7 Å². The third kappa shape index (κ3) is 7.08. The Balaban J connectivity index is 0.000000621. The van der Waals surface area contributed by atoms with Gasteiger partial charge >= 0.3 is 12.9 Å². The van der Waals surface area contributed by atoms with Crippen LogP contribution in [0.25, 0.3) is 4.98 Å². The molecule has 2 nitrogen and oxygen atoms in total. The molecule has 8 heteroatoms. The molecule has 0 aliphatic heterocycles. The highest BCUT2D eigenvalue weighted by Gasteiger charge is 2.24. The normalized spacial score (nSPS) is 11.1. The van der Waals surface area contributed by atoms with Crippen molar-refractivity contribution in [1.29, 1.82) is 5.39 Å². The number of halogens is 5. The molecule has 0 aromatic heterocycles. The van der Waals surface area contributed by atoms with Crippen molar-refractivity contribution >= 4 is 35.5 Å². The molecule has 0 amide bonds. The van der Waals surface area contributed by atoms with E-state index in [-0.39, 0.29) is 0 Å². The van der Waals surface area contributed by atoms with Gasteiger partial charge in [-0.2, -0.15) is 0 Å². The van der Waals surface area contributed by atoms with Crippen LogP contribution in [0.5, 0.6) is 0 Å². The minimum absolute atomic E-state index is 0.378. The average Bonchev–Trinajstić information content (AvgIpc) is 2.25. The van der Waals surface area contributed by atoms with E-state index in [0.29, 0.717) is 11.8 Å². The van der Waals surface area contributed by atoms with E-state index >= 15 is 0 Å². The molecule has 0 radical (unpaired) electrons. The van der Waals surface area contributed by atoms with Crippen molar-refractivity contribution in [1.82, 2.24) is 0 Å². The molecule has 0 N–H and O–H groups in total. The highest BCUT2D eigenvalue weighted by molar-refractivity contribution is 14.1. The maximum atomic E-state index is 9.75. The van der Waals surface area contributed by atoms with E-state index in [2.05, 4.69) is 67.4 Å². The average molecular weight is 402 g/mol. The summed E-state index contributed by atoms with van der Waals surface area (Å²) in [7, 11) is -6.00. The zero-order chi connectivity index (χ0) is 16.1. The van der Waals surface area contributed by atoms with Crippen LogP contribution in [0.15, 0.2) is 12.1 Å². The molecular weight excluding hydrogens is 386 g/mol. The molecule has 112 valence electrons. The van der Waals surface area contributed by atoms with Gasteiger partial charge in [0.25, 0.3) is 0 Å². The van der Waals surface area contributed by atoms with Gasteiger partial charge in [-0.3, -0.25) is 0 Å². The van der Waals surface area contributed by atoms with Crippen LogP contribution in [-0.2, 0) is 0 Å². The topological polar surface area (TPSA) is 28.1 Å². The quantitative estimate of drug-likeness (QED) is 0.246. The summed E-state index contributed by atoms with van der Waals surface area (Å²) >= 11 is 2.31. The lowest BCUT2D eigenvalue weighted by Crippen LogP contribution is -2.02. The molecule has 0 atom stereocenters. The first-order valence-corrected chi connectivity index (χ1v) is 7.11. The molecule has 0 aliphatic rings. The van der Waals surface area contributed by atoms with Crippen molar-refractivity contribution in [2.45, 2.75) is 39.5 Å². The molecule has 0 spiro atoms. The first-order chi connectivity index (χ1) is 8.97. The second-order valence-electron chi connectivity index (χ2n) is 4.84. The summed E-state index contributed by atoms with van der Waals surface area (Å²) < 4.78 is 40.2. The third-order valence-corrected chi connectivity index (χ3v) is 3.10. The number of nitrogens with zero attached hydrogens (tertiary/aromatic N) is 2. The Morgan fingerprint density at radius 3 is 1.50 bits per heavy atom. The molecule has 0 aliphatic carbocycles. The molecule has 1 aromatic carbocycles. The summed E-state index contributed by atoms with van der Waals surface area (Å²) in [6.45, 7) is 8.46. The van der Waals surface area contributed by atoms with Crippen LogP contribution in [0, 0.1) is 8.96 Å². The van der Waals surface area contributed by atoms with Gasteiger partial charge in [-0.05, 0) is 46.6 Å². The van der Waals surface area contributed by atoms with Crippen molar-refractivity contribution in [3.63, 3.8) is 0 Å². The molecule has 0 fully saturated rings. The Bertz CT molecular complexity index is 460. The van der Waals surface area contributed by atoms with Crippen LogP contribution in [0.4, 0.5) is 23.0 Å². The van der Waals surface area contributed by atoms with E-state index in [0.717, 1.165) is 16.8 Å². The van der Waals surface area contributed by atoms with Crippen LogP contribution >= 0.6 is 22.6 Å². The summed E-state index contributed by atoms with van der Waals surface area (Å²) in [5.74, 6) is 0.756. The van der Waals surface area contributed by atoms with Crippen LogP contribution < -0.4 is 0 Å². The molecule has 0 saturated heterocycles. The zero-order valence-electron chi connectivity index (χ0n) is 11.7. The molecule has 1 rings (SSSR count). The van der Waals surface area contributed by atoms with Gasteiger partial charge in [-0.25, -0.2) is 0 Å². The number of hydrogen-bond donors (Lipinski definition) is 0. The predicted molar refractivity (Wildman–Crippen MR) is 82.3 cm³/mol. The summed E-state index contributed by atoms with van der Waals surface area (Å²) in [6, 6.07) is 4.18. The monoisotopic (exact) mass is 402 g/mol. The first-order valence-electron chi connectivity index (χ1n) is 6.03. The first kappa shape index (κ1) is 19.2. The number of diazo groups is 1. The maximum Gasteiger partial charge on any atom is 0.673 e. The Kier molecular flexibility index (Phi) is 7.48. The highest BCUT2D eigenvalue weighted by atomic mass is 127. The molecule has 0 saturated carbocycles. The van der Waals surface area contributed by atoms with Crippen molar-refractivity contribution in [3.8, 4) is 0 Å². The van der Waals surface area contributed by atoms with Crippen LogP contribution in [-0.4, -0.2) is 7.25 Å². The molecule has 0 heterocycles. The maximum absolute atomic E-state index is 9.75. The van der Waals surface area contributed by atoms with E-state index < -0.39 is 7.25 Å². The fourth-order valence-corrected chi connectivity index (χ4v) is 2.31. The minimum atomic E-state index is -6.00. The molecular formula is C12H16BF4IN2. The second-order valence-corrected chi connectivity index (χ2v) is 6.08. The van der Waals surface area contributed by atoms with Gasteiger partial charge in [0.15, 0.2) is 4.98 Å². The number of hydrogen-bond acceptors (Lipinski definition) is 1. The second kappa shape index (κ2) is 7.81. The van der Waals surface area contributed by atoms with E-state index in [1.807, 2.05) is 0 Å². The van der Waals surface area contributed by atoms with Gasteiger partial charge in [0.1, 0.15) is 0 Å². The standard InChI is InChI=1S/C12H16IN2.BF4/c1-7(2)10-5-9(13)6-11(8(3)4)12(10)15-14;2-1(3,4)5/h5-8H,1-4H3;/q+1;-1. The Morgan fingerprint density at radius 2 is 1.30 bits per heavy atom. The van der Waals surface area contributed by atoms with E-state index in [1.165, 1.54) is 3.57 Å². The number of benzene rings is 1. The summed E-state index contributed by atoms with van der Waals surface area (Å²) in [5.41, 5.74) is 2.99. The van der Waals surface area contributed by atoms with E-state index in [4.69, 9.17) is 5.39 Å². The Hall–Kier alpha value is -0.845. The van der Waals surface area contributed by atoms with E-state index in [9.17, 15) is 17.3 Å². The fraction of sp³-hybridized carbons (Fsp3) is 0.500. The smallest absolute Gasteiger partial charge is 0.418 e. The van der Waals surface area contributed by atoms with Crippen LogP contribution in [0.2, 0.25) is 0 Å². The lowest BCUT2D eigenvalue weighted by atomic mass is 9.93. The third-order valence-electron chi connectivity index (χ3n) is 2.48. The molecule has 1 aromatic rings. The fourth-order valence-electron chi connectivity index (χ4n) is 1.64. The van der Waals surface area contributed by atoms with Crippen molar-refractivity contribution in [2.24, 2.45) is 0 Å². The van der Waals surface area contributed by atoms with Gasteiger partial charge in [0, 0.05) is 3.57 Å². The molecule has 0 unspecified atom stereocenters. The summed E-state index contributed by atoms with van der Waals surface area (Å²) in [4.78, 5) is 3.45. The SMILES string of the molecule is CC(C)c1cc(I)cc(C(C)C)c1[N+]#N.F[B-](F)(F)F. The lowest BCUT2D eigenvalue weighted by Gasteiger charge is -2.08. The van der Waals surface area contributed by atoms with Gasteiger partial charge in [-0.15, -0.1) is 0 Å². The van der Waals surface area contributed by atoms with E-state index in [1.54, 1.807) is 0 Å². The highest BCUT2D eigenvalue weighted by Crippen LogP contribution is 2.36. The summed E-state index contributed by atoms with van der Waals surface area (Å²) in [5, 5.41) is 9.11. The van der Waals surface area contributed by atoms with Crippen LogP contribution in [0.1, 0.15) is 50.7 Å². The minimum Gasteiger partial charge on any atom is -0.418 e. The Labute approximate surface area is 129 Å².